The standard InChI is InChI=1S/C28H25N2O3/c31-30-28-16-14-26(33-20-22-9-5-2-6-10-22)18-24(28)12-11-23-17-25(13-15-27(23)29-30)32-19-21-7-3-1-4-8-21/h1-10,13-18H,11-12,19-20H2,(H,29,31)/q+1. The van der Waals surface area contributed by atoms with Crippen molar-refractivity contribution < 1.29 is 14.3 Å². The molecule has 33 heavy (non-hydrogen) atoms. The van der Waals surface area contributed by atoms with Crippen molar-refractivity contribution >= 4 is 11.4 Å². The lowest BCUT2D eigenvalue weighted by Gasteiger charge is -2.15. The summed E-state index contributed by atoms with van der Waals surface area (Å²) in [7, 11) is 0. The van der Waals surface area contributed by atoms with Gasteiger partial charge < -0.3 is 9.47 Å². The second kappa shape index (κ2) is 9.57. The molecule has 0 aliphatic carbocycles. The molecule has 1 N–H and O–H groups in total. The van der Waals surface area contributed by atoms with Gasteiger partial charge in [0.05, 0.1) is 4.91 Å². The third-order valence-corrected chi connectivity index (χ3v) is 5.73. The molecule has 0 aromatic heterocycles. The van der Waals surface area contributed by atoms with E-state index in [-0.39, 0.29) is 0 Å². The molecule has 0 spiro atoms. The summed E-state index contributed by atoms with van der Waals surface area (Å²) >= 11 is 0. The highest BCUT2D eigenvalue weighted by Crippen LogP contribution is 2.32. The van der Waals surface area contributed by atoms with Crippen molar-refractivity contribution in [3.8, 4) is 11.5 Å². The Morgan fingerprint density at radius 3 is 1.85 bits per heavy atom. The van der Waals surface area contributed by atoms with Crippen LogP contribution in [0.1, 0.15) is 22.3 Å². The van der Waals surface area contributed by atoms with Gasteiger partial charge in [-0.2, -0.15) is 0 Å². The number of nitroso groups, excluding NO2 is 1. The first kappa shape index (κ1) is 20.8. The molecule has 4 aromatic rings. The van der Waals surface area contributed by atoms with E-state index < -0.39 is 0 Å². The highest BCUT2D eigenvalue weighted by atomic mass is 16.5. The van der Waals surface area contributed by atoms with E-state index in [9.17, 15) is 4.91 Å². The SMILES string of the molecule is O=[N+]1Nc2ccc(OCc3ccccc3)cc2CCc2cc(OCc3ccccc3)ccc21. The number of benzene rings is 4. The largest absolute Gasteiger partial charge is 0.489 e. The molecule has 1 aliphatic rings. The molecule has 5 rings (SSSR count). The average Bonchev–Trinajstić information content (AvgIpc) is 2.86. The van der Waals surface area contributed by atoms with E-state index in [0.717, 1.165) is 57.2 Å². The zero-order valence-corrected chi connectivity index (χ0v) is 18.2. The predicted octanol–water partition coefficient (Wildman–Crippen LogP) is 6.38. The van der Waals surface area contributed by atoms with Crippen molar-refractivity contribution in [1.82, 2.24) is 0 Å². The number of nitrogens with one attached hydrogen (secondary N) is 1. The van der Waals surface area contributed by atoms with Crippen molar-refractivity contribution in [3.05, 3.63) is 124 Å². The van der Waals surface area contributed by atoms with E-state index in [1.54, 1.807) is 0 Å². The van der Waals surface area contributed by atoms with Gasteiger partial charge in [0, 0.05) is 11.6 Å². The first-order valence-electron chi connectivity index (χ1n) is 11.1. The Balaban J connectivity index is 1.30. The molecule has 0 radical (unpaired) electrons. The van der Waals surface area contributed by atoms with E-state index in [0.29, 0.717) is 18.9 Å². The Morgan fingerprint density at radius 2 is 1.21 bits per heavy atom. The molecule has 0 atom stereocenters. The minimum atomic E-state index is 0.490. The molecule has 0 saturated carbocycles. The predicted molar refractivity (Wildman–Crippen MR) is 129 cm³/mol. The van der Waals surface area contributed by atoms with E-state index in [2.05, 4.69) is 5.43 Å². The van der Waals surface area contributed by atoms with E-state index in [1.165, 1.54) is 0 Å². The molecule has 1 heterocycles. The van der Waals surface area contributed by atoms with Gasteiger partial charge >= 0.3 is 0 Å². The summed E-state index contributed by atoms with van der Waals surface area (Å²) in [4.78, 5) is 13.7. The second-order valence-electron chi connectivity index (χ2n) is 8.06. The Bertz CT molecular complexity index is 1260. The number of hydrazine groups is 1. The summed E-state index contributed by atoms with van der Waals surface area (Å²) in [5, 5.41) is 0. The summed E-state index contributed by atoms with van der Waals surface area (Å²) in [5.41, 5.74) is 8.60. The molecular formula is C28H25N2O3+. The minimum Gasteiger partial charge on any atom is -0.489 e. The molecule has 4 aromatic carbocycles. The molecule has 0 saturated heterocycles. The van der Waals surface area contributed by atoms with E-state index in [4.69, 9.17) is 9.47 Å². The molecule has 0 bridgehead atoms. The van der Waals surface area contributed by atoms with Gasteiger partial charge in [-0.15, -0.1) is 5.43 Å². The average molecular weight is 438 g/mol. The van der Waals surface area contributed by atoms with Crippen molar-refractivity contribution in [2.45, 2.75) is 26.1 Å². The van der Waals surface area contributed by atoms with Crippen LogP contribution in [0.25, 0.3) is 0 Å². The lowest BCUT2D eigenvalue weighted by Crippen LogP contribution is -2.16. The van der Waals surface area contributed by atoms with Crippen LogP contribution in [-0.4, -0.2) is 4.87 Å². The van der Waals surface area contributed by atoms with E-state index >= 15 is 0 Å². The number of nitrogens with zero attached hydrogens (tertiary/aromatic N) is 1. The lowest BCUT2D eigenvalue weighted by molar-refractivity contribution is -0.428. The second-order valence-corrected chi connectivity index (χ2v) is 8.06. The Hall–Kier alpha value is -4.12. The summed E-state index contributed by atoms with van der Waals surface area (Å²) in [6.07, 6.45) is 1.52. The van der Waals surface area contributed by atoms with Gasteiger partial charge in [-0.3, -0.25) is 0 Å². The lowest BCUT2D eigenvalue weighted by atomic mass is 10.00. The summed E-state index contributed by atoms with van der Waals surface area (Å²) in [6, 6.07) is 31.6. The van der Waals surface area contributed by atoms with Gasteiger partial charge in [0.15, 0.2) is 4.87 Å². The van der Waals surface area contributed by atoms with Crippen LogP contribution in [0.2, 0.25) is 0 Å². The van der Waals surface area contributed by atoms with Gasteiger partial charge in [0.1, 0.15) is 30.4 Å². The van der Waals surface area contributed by atoms with Crippen LogP contribution >= 0.6 is 0 Å². The van der Waals surface area contributed by atoms with Crippen LogP contribution in [0.4, 0.5) is 11.4 Å². The maximum Gasteiger partial charge on any atom is 0.295 e. The van der Waals surface area contributed by atoms with Crippen molar-refractivity contribution in [1.29, 1.82) is 0 Å². The van der Waals surface area contributed by atoms with Crippen molar-refractivity contribution in [2.75, 3.05) is 5.43 Å². The Labute approximate surface area is 193 Å². The number of fused-ring (bicyclic) bond motifs is 2. The summed E-state index contributed by atoms with van der Waals surface area (Å²) in [6.45, 7) is 0.996. The van der Waals surface area contributed by atoms with Gasteiger partial charge in [0.2, 0.25) is 0 Å². The number of aryl methyl sites for hydroxylation is 2. The van der Waals surface area contributed by atoms with Crippen LogP contribution in [0, 0.1) is 4.91 Å². The van der Waals surface area contributed by atoms with E-state index in [1.807, 2.05) is 97.1 Å². The number of anilines is 1. The fourth-order valence-corrected chi connectivity index (χ4v) is 3.95. The van der Waals surface area contributed by atoms with Gasteiger partial charge in [0.25, 0.3) is 5.69 Å². The summed E-state index contributed by atoms with van der Waals surface area (Å²) < 4.78 is 11.9. The third kappa shape index (κ3) is 5.04. The van der Waals surface area contributed by atoms with Gasteiger partial charge in [-0.25, -0.2) is 0 Å². The Morgan fingerprint density at radius 1 is 0.667 bits per heavy atom. The number of hydrogen-bond donors (Lipinski definition) is 1. The minimum absolute atomic E-state index is 0.490. The fraction of sp³-hybridized carbons (Fsp3) is 0.143. The van der Waals surface area contributed by atoms with Crippen LogP contribution < -0.4 is 14.9 Å². The highest BCUT2D eigenvalue weighted by molar-refractivity contribution is 5.56. The number of hydrogen-bond acceptors (Lipinski definition) is 3. The molecule has 164 valence electrons. The molecule has 0 unspecified atom stereocenters. The van der Waals surface area contributed by atoms with Crippen molar-refractivity contribution in [3.63, 3.8) is 0 Å². The normalized spacial score (nSPS) is 12.5. The molecule has 5 nitrogen and oxygen atoms in total. The first-order valence-corrected chi connectivity index (χ1v) is 11.1. The van der Waals surface area contributed by atoms with Crippen LogP contribution in [0.3, 0.4) is 0 Å². The molecule has 5 heteroatoms. The monoisotopic (exact) mass is 437 g/mol. The third-order valence-electron chi connectivity index (χ3n) is 5.73. The van der Waals surface area contributed by atoms with Gasteiger partial charge in [-0.05, 0) is 59.9 Å². The molecule has 1 aliphatic heterocycles. The zero-order chi connectivity index (χ0) is 22.5. The maximum atomic E-state index is 12.8. The molecule has 0 amide bonds. The summed E-state index contributed by atoms with van der Waals surface area (Å²) in [5.74, 6) is 1.55. The van der Waals surface area contributed by atoms with Crippen LogP contribution in [0.5, 0.6) is 11.5 Å². The Kier molecular flexibility index (Phi) is 6.02. The van der Waals surface area contributed by atoms with Crippen LogP contribution in [0.15, 0.2) is 97.1 Å². The number of rotatable bonds is 6. The topological polar surface area (TPSA) is 50.6 Å². The number of ether oxygens (including phenoxy) is 2. The fourth-order valence-electron chi connectivity index (χ4n) is 3.95. The molecular weight excluding hydrogens is 412 g/mol. The first-order chi connectivity index (χ1) is 16.2. The maximum absolute atomic E-state index is 12.8. The smallest absolute Gasteiger partial charge is 0.295 e. The zero-order valence-electron chi connectivity index (χ0n) is 18.2. The van der Waals surface area contributed by atoms with Gasteiger partial charge in [-0.1, -0.05) is 60.7 Å². The van der Waals surface area contributed by atoms with Crippen LogP contribution in [-0.2, 0) is 26.1 Å². The molecule has 0 fully saturated rings. The highest BCUT2D eigenvalue weighted by Gasteiger charge is 2.25. The quantitative estimate of drug-likeness (QED) is 0.356. The van der Waals surface area contributed by atoms with Crippen molar-refractivity contribution in [2.24, 2.45) is 0 Å².